The molecule has 0 bridgehead atoms. The Hall–Kier alpha value is -2.31. The molecule has 106 valence electrons. The summed E-state index contributed by atoms with van der Waals surface area (Å²) in [5, 5.41) is 2.62. The summed E-state index contributed by atoms with van der Waals surface area (Å²) in [6.45, 7) is 0. The highest BCUT2D eigenvalue weighted by atomic mass is 19.4. The van der Waals surface area contributed by atoms with Crippen LogP contribution in [0.5, 0.6) is 5.75 Å². The normalized spacial score (nSPS) is 11.2. The molecule has 1 N–H and O–H groups in total. The molecule has 0 saturated carbocycles. The lowest BCUT2D eigenvalue weighted by molar-refractivity contribution is -0.137. The third-order valence-electron chi connectivity index (χ3n) is 2.65. The van der Waals surface area contributed by atoms with Crippen molar-refractivity contribution in [2.45, 2.75) is 6.18 Å². The highest BCUT2D eigenvalue weighted by Gasteiger charge is 2.31. The van der Waals surface area contributed by atoms with Crippen LogP contribution in [0.25, 0.3) is 11.3 Å². The number of methoxy groups -OCH3 is 1. The lowest BCUT2D eigenvalue weighted by atomic mass is 10.1. The van der Waals surface area contributed by atoms with Crippen LogP contribution in [0.15, 0.2) is 30.6 Å². The predicted molar refractivity (Wildman–Crippen MR) is 68.6 cm³/mol. The van der Waals surface area contributed by atoms with E-state index in [1.165, 1.54) is 26.6 Å². The molecule has 20 heavy (non-hydrogen) atoms. The molecule has 0 aliphatic heterocycles. The van der Waals surface area contributed by atoms with E-state index >= 15 is 0 Å². The van der Waals surface area contributed by atoms with Crippen molar-refractivity contribution in [1.29, 1.82) is 0 Å². The van der Waals surface area contributed by atoms with Gasteiger partial charge in [-0.1, -0.05) is 0 Å². The minimum atomic E-state index is -4.43. The van der Waals surface area contributed by atoms with Gasteiger partial charge in [0.25, 0.3) is 0 Å². The number of nitrogens with one attached hydrogen (secondary N) is 1. The quantitative estimate of drug-likeness (QED) is 0.939. The van der Waals surface area contributed by atoms with E-state index in [0.717, 1.165) is 12.1 Å². The van der Waals surface area contributed by atoms with Crippen LogP contribution in [0.3, 0.4) is 0 Å². The lowest BCUT2D eigenvalue weighted by Crippen LogP contribution is -2.07. The number of hydrogen-bond acceptors (Lipinski definition) is 4. The second kappa shape index (κ2) is 5.36. The van der Waals surface area contributed by atoms with Gasteiger partial charge in [0.15, 0.2) is 0 Å². The van der Waals surface area contributed by atoms with Crippen molar-refractivity contribution < 1.29 is 17.9 Å². The summed E-state index contributed by atoms with van der Waals surface area (Å²) in [4.78, 5) is 8.02. The van der Waals surface area contributed by atoms with Crippen LogP contribution in [-0.4, -0.2) is 24.1 Å². The number of pyridine rings is 2. The Labute approximate surface area is 113 Å². The van der Waals surface area contributed by atoms with E-state index in [9.17, 15) is 13.2 Å². The molecule has 2 rings (SSSR count). The van der Waals surface area contributed by atoms with Gasteiger partial charge in [-0.05, 0) is 18.2 Å². The molecule has 2 heterocycles. The Bertz CT molecular complexity index is 614. The first-order chi connectivity index (χ1) is 9.44. The Kier molecular flexibility index (Phi) is 3.78. The van der Waals surface area contributed by atoms with E-state index in [-0.39, 0.29) is 11.5 Å². The van der Waals surface area contributed by atoms with Crippen LogP contribution < -0.4 is 10.1 Å². The lowest BCUT2D eigenvalue weighted by Gasteiger charge is -2.11. The second-order valence-electron chi connectivity index (χ2n) is 3.99. The van der Waals surface area contributed by atoms with Crippen molar-refractivity contribution in [2.75, 3.05) is 19.5 Å². The maximum atomic E-state index is 12.8. The molecule has 0 spiro atoms. The molecule has 0 aliphatic carbocycles. The van der Waals surface area contributed by atoms with Gasteiger partial charge < -0.3 is 10.1 Å². The van der Waals surface area contributed by atoms with E-state index in [2.05, 4.69) is 15.3 Å². The molecule has 4 nitrogen and oxygen atoms in total. The number of alkyl halides is 3. The summed E-state index contributed by atoms with van der Waals surface area (Å²) in [5.41, 5.74) is -0.141. The number of aromatic nitrogens is 2. The van der Waals surface area contributed by atoms with E-state index in [1.54, 1.807) is 6.07 Å². The fourth-order valence-corrected chi connectivity index (χ4v) is 1.64. The Morgan fingerprint density at radius 1 is 1.15 bits per heavy atom. The van der Waals surface area contributed by atoms with Gasteiger partial charge >= 0.3 is 6.18 Å². The zero-order valence-electron chi connectivity index (χ0n) is 10.8. The van der Waals surface area contributed by atoms with Crippen LogP contribution in [-0.2, 0) is 6.18 Å². The summed E-state index contributed by atoms with van der Waals surface area (Å²) < 4.78 is 43.6. The minimum absolute atomic E-state index is 0.137. The molecule has 0 saturated heterocycles. The fraction of sp³-hybridized carbons (Fsp3) is 0.231. The summed E-state index contributed by atoms with van der Waals surface area (Å²) in [7, 11) is 2.97. The molecule has 0 aliphatic rings. The van der Waals surface area contributed by atoms with Gasteiger partial charge in [-0.15, -0.1) is 0 Å². The van der Waals surface area contributed by atoms with Gasteiger partial charge in [-0.2, -0.15) is 13.2 Å². The molecule has 0 radical (unpaired) electrons. The van der Waals surface area contributed by atoms with Crippen molar-refractivity contribution >= 4 is 5.82 Å². The Morgan fingerprint density at radius 3 is 2.50 bits per heavy atom. The standard InChI is InChI=1S/C13H12F3N3O/c1-17-12-5-9(13(14,15)16)4-11(19-12)8-3-10(20-2)7-18-6-8/h3-7H,1-2H3,(H,17,19). The topological polar surface area (TPSA) is 47.0 Å². The highest BCUT2D eigenvalue weighted by Crippen LogP contribution is 2.33. The van der Waals surface area contributed by atoms with Crippen LogP contribution in [0.4, 0.5) is 19.0 Å². The highest BCUT2D eigenvalue weighted by molar-refractivity contribution is 5.63. The maximum Gasteiger partial charge on any atom is 0.416 e. The third-order valence-corrected chi connectivity index (χ3v) is 2.65. The summed E-state index contributed by atoms with van der Waals surface area (Å²) in [5.74, 6) is 0.588. The second-order valence-corrected chi connectivity index (χ2v) is 3.99. The molecule has 2 aromatic rings. The van der Waals surface area contributed by atoms with Gasteiger partial charge in [0.2, 0.25) is 0 Å². The predicted octanol–water partition coefficient (Wildman–Crippen LogP) is 3.21. The largest absolute Gasteiger partial charge is 0.495 e. The number of ether oxygens (including phenoxy) is 1. The average molecular weight is 283 g/mol. The van der Waals surface area contributed by atoms with Crippen molar-refractivity contribution in [3.63, 3.8) is 0 Å². The first-order valence-electron chi connectivity index (χ1n) is 5.70. The monoisotopic (exact) mass is 283 g/mol. The van der Waals surface area contributed by atoms with Crippen LogP contribution >= 0.6 is 0 Å². The average Bonchev–Trinajstić information content (AvgIpc) is 2.46. The number of halogens is 3. The number of rotatable bonds is 3. The van der Waals surface area contributed by atoms with Crippen LogP contribution in [0.1, 0.15) is 5.56 Å². The van der Waals surface area contributed by atoms with Gasteiger partial charge in [-0.3, -0.25) is 4.98 Å². The van der Waals surface area contributed by atoms with Gasteiger partial charge in [0, 0.05) is 18.8 Å². The molecular formula is C13H12F3N3O. The van der Waals surface area contributed by atoms with E-state index in [4.69, 9.17) is 4.74 Å². The summed E-state index contributed by atoms with van der Waals surface area (Å²) >= 11 is 0. The summed E-state index contributed by atoms with van der Waals surface area (Å²) in [6.07, 6.45) is -1.53. The Morgan fingerprint density at radius 2 is 1.90 bits per heavy atom. The summed E-state index contributed by atoms with van der Waals surface area (Å²) in [6, 6.07) is 3.52. The molecule has 0 aromatic carbocycles. The maximum absolute atomic E-state index is 12.8. The molecule has 2 aromatic heterocycles. The van der Waals surface area contributed by atoms with Crippen molar-refractivity contribution in [3.8, 4) is 17.0 Å². The van der Waals surface area contributed by atoms with Gasteiger partial charge in [0.1, 0.15) is 11.6 Å². The molecule has 7 heteroatoms. The van der Waals surface area contributed by atoms with Gasteiger partial charge in [-0.25, -0.2) is 4.98 Å². The van der Waals surface area contributed by atoms with Crippen LogP contribution in [0, 0.1) is 0 Å². The van der Waals surface area contributed by atoms with E-state index in [1.807, 2.05) is 0 Å². The number of anilines is 1. The molecule has 0 amide bonds. The van der Waals surface area contributed by atoms with Crippen molar-refractivity contribution in [3.05, 3.63) is 36.2 Å². The zero-order chi connectivity index (χ0) is 14.8. The van der Waals surface area contributed by atoms with Crippen molar-refractivity contribution in [1.82, 2.24) is 9.97 Å². The third kappa shape index (κ3) is 2.98. The van der Waals surface area contributed by atoms with Gasteiger partial charge in [0.05, 0.1) is 24.6 Å². The van der Waals surface area contributed by atoms with E-state index in [0.29, 0.717) is 11.3 Å². The molecule has 0 fully saturated rings. The first-order valence-corrected chi connectivity index (χ1v) is 5.70. The number of nitrogens with zero attached hydrogens (tertiary/aromatic N) is 2. The Balaban J connectivity index is 2.55. The van der Waals surface area contributed by atoms with Crippen molar-refractivity contribution in [2.24, 2.45) is 0 Å². The zero-order valence-corrected chi connectivity index (χ0v) is 10.8. The van der Waals surface area contributed by atoms with E-state index < -0.39 is 11.7 Å². The smallest absolute Gasteiger partial charge is 0.416 e. The molecule has 0 atom stereocenters. The first kappa shape index (κ1) is 14.1. The molecule has 0 unspecified atom stereocenters. The fourth-order valence-electron chi connectivity index (χ4n) is 1.64. The minimum Gasteiger partial charge on any atom is -0.495 e. The van der Waals surface area contributed by atoms with Crippen LogP contribution in [0.2, 0.25) is 0 Å². The molecular weight excluding hydrogens is 271 g/mol. The SMILES string of the molecule is CNc1cc(C(F)(F)F)cc(-c2cncc(OC)c2)n1. The number of hydrogen-bond donors (Lipinski definition) is 1.